The number of hydrogen-bond donors (Lipinski definition) is 1. The lowest BCUT2D eigenvalue weighted by molar-refractivity contribution is 0.174. The van der Waals surface area contributed by atoms with E-state index < -0.39 is 0 Å². The van der Waals surface area contributed by atoms with Gasteiger partial charge in [-0.25, -0.2) is 0 Å². The van der Waals surface area contributed by atoms with Gasteiger partial charge in [-0.2, -0.15) is 0 Å². The monoisotopic (exact) mass is 263 g/mol. The van der Waals surface area contributed by atoms with Crippen LogP contribution in [-0.4, -0.2) is 19.4 Å². The van der Waals surface area contributed by atoms with Gasteiger partial charge in [0.1, 0.15) is 0 Å². The van der Waals surface area contributed by atoms with E-state index in [-0.39, 0.29) is 0 Å². The normalized spacial score (nSPS) is 16.4. The quantitative estimate of drug-likeness (QED) is 0.818. The van der Waals surface area contributed by atoms with E-state index in [2.05, 4.69) is 38.2 Å². The SMILES string of the molecule is CCC(C)CCNC(C)Cc1ccc2c(c1)OCO2. The minimum absolute atomic E-state index is 0.349. The lowest BCUT2D eigenvalue weighted by atomic mass is 10.0. The van der Waals surface area contributed by atoms with E-state index in [1.165, 1.54) is 18.4 Å². The van der Waals surface area contributed by atoms with Gasteiger partial charge in [0, 0.05) is 6.04 Å². The summed E-state index contributed by atoms with van der Waals surface area (Å²) < 4.78 is 10.7. The van der Waals surface area contributed by atoms with Gasteiger partial charge in [0.15, 0.2) is 11.5 Å². The van der Waals surface area contributed by atoms with Crippen LogP contribution in [0.15, 0.2) is 18.2 Å². The summed E-state index contributed by atoms with van der Waals surface area (Å²) in [7, 11) is 0. The van der Waals surface area contributed by atoms with Crippen LogP contribution < -0.4 is 14.8 Å². The van der Waals surface area contributed by atoms with Crippen molar-refractivity contribution in [2.45, 2.75) is 46.1 Å². The molecular formula is C16H25NO2. The third kappa shape index (κ3) is 4.13. The standard InChI is InChI=1S/C16H25NO2/c1-4-12(2)7-8-17-13(3)9-14-5-6-15-16(10-14)19-11-18-15/h5-6,10,12-13,17H,4,7-9,11H2,1-3H3. The van der Waals surface area contributed by atoms with Gasteiger partial charge in [-0.1, -0.05) is 26.3 Å². The molecule has 3 heteroatoms. The maximum atomic E-state index is 5.41. The Morgan fingerprint density at radius 2 is 2.00 bits per heavy atom. The van der Waals surface area contributed by atoms with Crippen molar-refractivity contribution >= 4 is 0 Å². The van der Waals surface area contributed by atoms with Crippen LogP contribution in [0.5, 0.6) is 11.5 Å². The molecule has 3 nitrogen and oxygen atoms in total. The molecule has 19 heavy (non-hydrogen) atoms. The first-order chi connectivity index (χ1) is 9.19. The Labute approximate surface area is 116 Å². The summed E-state index contributed by atoms with van der Waals surface area (Å²) in [6, 6.07) is 6.71. The molecule has 0 saturated heterocycles. The minimum Gasteiger partial charge on any atom is -0.454 e. The highest BCUT2D eigenvalue weighted by atomic mass is 16.7. The summed E-state index contributed by atoms with van der Waals surface area (Å²) in [6.07, 6.45) is 3.54. The van der Waals surface area contributed by atoms with E-state index in [4.69, 9.17) is 9.47 Å². The van der Waals surface area contributed by atoms with Crippen molar-refractivity contribution in [2.75, 3.05) is 13.3 Å². The molecule has 0 aromatic heterocycles. The summed E-state index contributed by atoms with van der Waals surface area (Å²) in [4.78, 5) is 0. The van der Waals surface area contributed by atoms with Gasteiger partial charge in [0.25, 0.3) is 0 Å². The van der Waals surface area contributed by atoms with Gasteiger partial charge in [-0.15, -0.1) is 0 Å². The highest BCUT2D eigenvalue weighted by Gasteiger charge is 2.14. The van der Waals surface area contributed by atoms with Crippen molar-refractivity contribution in [2.24, 2.45) is 5.92 Å². The molecule has 1 aromatic rings. The first kappa shape index (κ1) is 14.2. The second-order valence-electron chi connectivity index (χ2n) is 5.55. The Kier molecular flexibility index (Phi) is 5.08. The second kappa shape index (κ2) is 6.80. The minimum atomic E-state index is 0.349. The van der Waals surface area contributed by atoms with Crippen LogP contribution in [0, 0.1) is 5.92 Å². The number of ether oxygens (including phenoxy) is 2. The molecule has 1 aliphatic heterocycles. The molecule has 0 spiro atoms. The van der Waals surface area contributed by atoms with Crippen LogP contribution in [0.25, 0.3) is 0 Å². The van der Waals surface area contributed by atoms with E-state index in [1.54, 1.807) is 0 Å². The van der Waals surface area contributed by atoms with E-state index in [1.807, 2.05) is 6.07 Å². The van der Waals surface area contributed by atoms with Crippen LogP contribution in [0.4, 0.5) is 0 Å². The zero-order valence-electron chi connectivity index (χ0n) is 12.2. The second-order valence-corrected chi connectivity index (χ2v) is 5.55. The van der Waals surface area contributed by atoms with Crippen LogP contribution in [0.1, 0.15) is 39.2 Å². The molecule has 1 aromatic carbocycles. The third-order valence-electron chi connectivity index (χ3n) is 3.81. The van der Waals surface area contributed by atoms with Gasteiger partial charge < -0.3 is 14.8 Å². The topological polar surface area (TPSA) is 30.5 Å². The summed E-state index contributed by atoms with van der Waals surface area (Å²) in [5.74, 6) is 2.55. The van der Waals surface area contributed by atoms with Crippen molar-refractivity contribution in [1.29, 1.82) is 0 Å². The molecule has 0 bridgehead atoms. The van der Waals surface area contributed by atoms with E-state index in [9.17, 15) is 0 Å². The molecule has 1 aliphatic rings. The largest absolute Gasteiger partial charge is 0.454 e. The molecule has 2 unspecified atom stereocenters. The zero-order valence-corrected chi connectivity index (χ0v) is 12.2. The third-order valence-corrected chi connectivity index (χ3v) is 3.81. The van der Waals surface area contributed by atoms with Gasteiger partial charge >= 0.3 is 0 Å². The predicted octanol–water partition coefficient (Wildman–Crippen LogP) is 3.37. The summed E-state index contributed by atoms with van der Waals surface area (Å²) in [6.45, 7) is 8.24. The number of benzene rings is 1. The lowest BCUT2D eigenvalue weighted by Crippen LogP contribution is -2.29. The zero-order chi connectivity index (χ0) is 13.7. The molecule has 0 saturated carbocycles. The number of nitrogens with one attached hydrogen (secondary N) is 1. The first-order valence-corrected chi connectivity index (χ1v) is 7.31. The van der Waals surface area contributed by atoms with Crippen LogP contribution in [-0.2, 0) is 6.42 Å². The van der Waals surface area contributed by atoms with Crippen molar-refractivity contribution in [1.82, 2.24) is 5.32 Å². The maximum Gasteiger partial charge on any atom is 0.231 e. The highest BCUT2D eigenvalue weighted by molar-refractivity contribution is 5.44. The first-order valence-electron chi connectivity index (χ1n) is 7.31. The molecule has 1 heterocycles. The Hall–Kier alpha value is -1.22. The van der Waals surface area contributed by atoms with Gasteiger partial charge in [-0.3, -0.25) is 0 Å². The van der Waals surface area contributed by atoms with Crippen molar-refractivity contribution in [3.63, 3.8) is 0 Å². The fourth-order valence-corrected chi connectivity index (χ4v) is 2.27. The molecule has 0 fully saturated rings. The van der Waals surface area contributed by atoms with Crippen molar-refractivity contribution in [3.05, 3.63) is 23.8 Å². The molecule has 106 valence electrons. The number of rotatable bonds is 7. The predicted molar refractivity (Wildman–Crippen MR) is 77.8 cm³/mol. The molecule has 1 N–H and O–H groups in total. The summed E-state index contributed by atoms with van der Waals surface area (Å²) in [5.41, 5.74) is 1.30. The molecule has 0 aliphatic carbocycles. The summed E-state index contributed by atoms with van der Waals surface area (Å²) in [5, 5.41) is 3.59. The van der Waals surface area contributed by atoms with Crippen LogP contribution in [0.3, 0.4) is 0 Å². The fourth-order valence-electron chi connectivity index (χ4n) is 2.27. The average Bonchev–Trinajstić information content (AvgIpc) is 2.85. The Morgan fingerprint density at radius 1 is 1.21 bits per heavy atom. The van der Waals surface area contributed by atoms with Gasteiger partial charge in [0.05, 0.1) is 0 Å². The molecular weight excluding hydrogens is 238 g/mol. The van der Waals surface area contributed by atoms with Gasteiger partial charge in [-0.05, 0) is 49.9 Å². The van der Waals surface area contributed by atoms with E-state index in [0.29, 0.717) is 12.8 Å². The van der Waals surface area contributed by atoms with Crippen molar-refractivity contribution < 1.29 is 9.47 Å². The average molecular weight is 263 g/mol. The van der Waals surface area contributed by atoms with Crippen LogP contribution in [0.2, 0.25) is 0 Å². The van der Waals surface area contributed by atoms with E-state index >= 15 is 0 Å². The summed E-state index contributed by atoms with van der Waals surface area (Å²) >= 11 is 0. The molecule has 0 radical (unpaired) electrons. The lowest BCUT2D eigenvalue weighted by Gasteiger charge is -2.16. The number of hydrogen-bond acceptors (Lipinski definition) is 3. The highest BCUT2D eigenvalue weighted by Crippen LogP contribution is 2.32. The fraction of sp³-hybridized carbons (Fsp3) is 0.625. The Morgan fingerprint density at radius 3 is 2.79 bits per heavy atom. The van der Waals surface area contributed by atoms with Gasteiger partial charge in [0.2, 0.25) is 6.79 Å². The van der Waals surface area contributed by atoms with Crippen LogP contribution >= 0.6 is 0 Å². The molecule has 2 atom stereocenters. The van der Waals surface area contributed by atoms with E-state index in [0.717, 1.165) is 30.4 Å². The molecule has 2 rings (SSSR count). The Balaban J connectivity index is 1.77. The smallest absolute Gasteiger partial charge is 0.231 e. The number of fused-ring (bicyclic) bond motifs is 1. The molecule has 0 amide bonds. The Bertz CT molecular complexity index is 406. The van der Waals surface area contributed by atoms with Crippen molar-refractivity contribution in [3.8, 4) is 11.5 Å². The maximum absolute atomic E-state index is 5.41.